The lowest BCUT2D eigenvalue weighted by atomic mass is 9.96. The van der Waals surface area contributed by atoms with E-state index in [-0.39, 0.29) is 13.3 Å². The Hall–Kier alpha value is -1.80. The molecule has 0 unspecified atom stereocenters. The van der Waals surface area contributed by atoms with Crippen LogP contribution in [0.5, 0.6) is 0 Å². The van der Waals surface area contributed by atoms with E-state index in [4.69, 9.17) is 0 Å². The molecule has 1 aliphatic heterocycles. The van der Waals surface area contributed by atoms with Crippen LogP contribution in [0.3, 0.4) is 0 Å². The Balaban J connectivity index is 3.52. The van der Waals surface area contributed by atoms with Crippen LogP contribution in [0.4, 0.5) is 0 Å². The van der Waals surface area contributed by atoms with Gasteiger partial charge in [-0.1, -0.05) is 0 Å². The average Bonchev–Trinajstić information content (AvgIpc) is 2.26. The minimum absolute atomic E-state index is 0.00866. The number of carbonyl (C=O) groups is 4. The van der Waals surface area contributed by atoms with Crippen LogP contribution in [0.15, 0.2) is 0 Å². The summed E-state index contributed by atoms with van der Waals surface area (Å²) in [7, 11) is 0. The zero-order valence-corrected chi connectivity index (χ0v) is 12.1. The van der Waals surface area contributed by atoms with E-state index < -0.39 is 29.0 Å². The molecule has 1 rings (SSSR count). The van der Waals surface area contributed by atoms with Crippen LogP contribution in [-0.2, 0) is 19.2 Å². The lowest BCUT2D eigenvalue weighted by Crippen LogP contribution is -2.74. The zero-order valence-electron chi connectivity index (χ0n) is 12.1. The van der Waals surface area contributed by atoms with Gasteiger partial charge in [-0.25, -0.2) is 0 Å². The van der Waals surface area contributed by atoms with Crippen LogP contribution in [0, 0.1) is 0 Å². The number of hydrogen-bond donors (Lipinski definition) is 2. The molecule has 0 bridgehead atoms. The lowest BCUT2D eigenvalue weighted by Gasteiger charge is -2.48. The highest BCUT2D eigenvalue weighted by atomic mass is 16.2. The second-order valence-electron chi connectivity index (χ2n) is 4.67. The average molecular weight is 284 g/mol. The Kier molecular flexibility index (Phi) is 4.96. The number of nitrogens with one attached hydrogen (secondary N) is 2. The van der Waals surface area contributed by atoms with Crippen molar-refractivity contribution in [2.45, 2.75) is 33.4 Å². The number of carbonyl (C=O) groups excluding carboxylic acids is 4. The van der Waals surface area contributed by atoms with Crippen LogP contribution in [-0.4, -0.2) is 58.8 Å². The summed E-state index contributed by atoms with van der Waals surface area (Å²) in [6.07, 6.45) is 0. The van der Waals surface area contributed by atoms with Gasteiger partial charge in [0.2, 0.25) is 17.5 Å². The number of amides is 2. The summed E-state index contributed by atoms with van der Waals surface area (Å²) >= 11 is 0. The molecule has 0 aromatic rings. The van der Waals surface area contributed by atoms with Crippen molar-refractivity contribution < 1.29 is 19.2 Å². The third-order valence-electron chi connectivity index (χ3n) is 3.31. The van der Waals surface area contributed by atoms with Crippen LogP contribution in [0.2, 0.25) is 0 Å². The van der Waals surface area contributed by atoms with Crippen molar-refractivity contribution in [3.05, 3.63) is 0 Å². The number of hydrogen-bond acceptors (Lipinski definition) is 6. The molecule has 1 fully saturated rings. The normalized spacial score (nSPS) is 19.0. The monoisotopic (exact) mass is 284 g/mol. The predicted octanol–water partition coefficient (Wildman–Crippen LogP) is -1.38. The number of rotatable bonds is 2. The standard InChI is InChI=1S/C12H20N4O4/c1-8(17)12(9(2)18)15(10(3)19)6-13-5-14-7-16(12)11(4)20/h13-14H,5-7H2,1-4H3. The third-order valence-corrected chi connectivity index (χ3v) is 3.31. The largest absolute Gasteiger partial charge is 0.295 e. The van der Waals surface area contributed by atoms with Gasteiger partial charge in [-0.05, 0) is 13.8 Å². The van der Waals surface area contributed by atoms with Crippen molar-refractivity contribution >= 4 is 23.4 Å². The highest BCUT2D eigenvalue weighted by Gasteiger charge is 2.54. The maximum absolute atomic E-state index is 12.2. The van der Waals surface area contributed by atoms with Gasteiger partial charge in [0.25, 0.3) is 0 Å². The molecule has 0 spiro atoms. The van der Waals surface area contributed by atoms with E-state index in [1.165, 1.54) is 27.7 Å². The van der Waals surface area contributed by atoms with Gasteiger partial charge < -0.3 is 0 Å². The molecule has 0 saturated carbocycles. The van der Waals surface area contributed by atoms with Gasteiger partial charge in [0.1, 0.15) is 0 Å². The van der Waals surface area contributed by atoms with Gasteiger partial charge in [0.15, 0.2) is 11.6 Å². The second kappa shape index (κ2) is 6.10. The fourth-order valence-electron chi connectivity index (χ4n) is 2.48. The van der Waals surface area contributed by atoms with Crippen LogP contribution < -0.4 is 10.6 Å². The van der Waals surface area contributed by atoms with E-state index >= 15 is 0 Å². The van der Waals surface area contributed by atoms with Crippen LogP contribution >= 0.6 is 0 Å². The van der Waals surface area contributed by atoms with Gasteiger partial charge in [0.05, 0.1) is 13.3 Å². The van der Waals surface area contributed by atoms with Crippen molar-refractivity contribution in [3.8, 4) is 0 Å². The van der Waals surface area contributed by atoms with E-state index in [2.05, 4.69) is 10.6 Å². The minimum atomic E-state index is -1.90. The van der Waals surface area contributed by atoms with Gasteiger partial charge in [-0.3, -0.25) is 39.6 Å². The maximum atomic E-state index is 12.2. The summed E-state index contributed by atoms with van der Waals surface area (Å²) < 4.78 is 0. The predicted molar refractivity (Wildman–Crippen MR) is 70.0 cm³/mol. The molecule has 8 heteroatoms. The Morgan fingerprint density at radius 2 is 1.15 bits per heavy atom. The molecular weight excluding hydrogens is 264 g/mol. The van der Waals surface area contributed by atoms with Crippen molar-refractivity contribution in [1.82, 2.24) is 20.4 Å². The summed E-state index contributed by atoms with van der Waals surface area (Å²) in [6, 6.07) is 0. The third kappa shape index (κ3) is 2.56. The van der Waals surface area contributed by atoms with Crippen molar-refractivity contribution in [1.29, 1.82) is 0 Å². The van der Waals surface area contributed by atoms with Crippen molar-refractivity contribution in [3.63, 3.8) is 0 Å². The minimum Gasteiger partial charge on any atom is -0.295 e. The van der Waals surface area contributed by atoms with Gasteiger partial charge >= 0.3 is 0 Å². The van der Waals surface area contributed by atoms with Crippen molar-refractivity contribution in [2.75, 3.05) is 20.0 Å². The number of nitrogens with zero attached hydrogens (tertiary/aromatic N) is 2. The Labute approximate surface area is 117 Å². The fraction of sp³-hybridized carbons (Fsp3) is 0.667. The molecule has 112 valence electrons. The zero-order chi connectivity index (χ0) is 15.5. The molecule has 2 N–H and O–H groups in total. The van der Waals surface area contributed by atoms with Crippen molar-refractivity contribution in [2.24, 2.45) is 0 Å². The summed E-state index contributed by atoms with van der Waals surface area (Å²) in [5.74, 6) is -2.06. The quantitative estimate of drug-likeness (QED) is 0.607. The van der Waals surface area contributed by atoms with E-state index in [1.54, 1.807) is 0 Å². The van der Waals surface area contributed by atoms with E-state index in [9.17, 15) is 19.2 Å². The molecule has 1 heterocycles. The van der Waals surface area contributed by atoms with Gasteiger partial charge in [0, 0.05) is 20.5 Å². The van der Waals surface area contributed by atoms with Gasteiger partial charge in [-0.2, -0.15) is 0 Å². The molecular formula is C12H20N4O4. The molecule has 8 nitrogen and oxygen atoms in total. The molecule has 0 radical (unpaired) electrons. The van der Waals surface area contributed by atoms with Gasteiger partial charge in [-0.15, -0.1) is 0 Å². The SMILES string of the molecule is CC(=O)N1CNCNCN(C(C)=O)C1(C(C)=O)C(C)=O. The molecule has 1 saturated heterocycles. The van der Waals surface area contributed by atoms with E-state index in [0.29, 0.717) is 6.67 Å². The second-order valence-corrected chi connectivity index (χ2v) is 4.67. The Morgan fingerprint density at radius 3 is 1.40 bits per heavy atom. The fourth-order valence-corrected chi connectivity index (χ4v) is 2.48. The van der Waals surface area contributed by atoms with Crippen LogP contribution in [0.25, 0.3) is 0 Å². The molecule has 0 aromatic heterocycles. The molecule has 0 aromatic carbocycles. The first-order chi connectivity index (χ1) is 9.26. The first-order valence-electron chi connectivity index (χ1n) is 6.26. The maximum Gasteiger partial charge on any atom is 0.239 e. The Morgan fingerprint density at radius 1 is 0.800 bits per heavy atom. The summed E-state index contributed by atoms with van der Waals surface area (Å²) in [6.45, 7) is 5.26. The Bertz CT molecular complexity index is 409. The van der Waals surface area contributed by atoms with Crippen LogP contribution in [0.1, 0.15) is 27.7 Å². The number of ketones is 2. The molecule has 2 amide bonds. The molecule has 1 aliphatic rings. The summed E-state index contributed by atoms with van der Waals surface area (Å²) in [4.78, 5) is 50.3. The molecule has 0 aliphatic carbocycles. The highest BCUT2D eigenvalue weighted by molar-refractivity contribution is 6.13. The summed E-state index contributed by atoms with van der Waals surface area (Å²) in [5, 5.41) is 5.79. The highest BCUT2D eigenvalue weighted by Crippen LogP contribution is 2.24. The topological polar surface area (TPSA) is 98.8 Å². The summed E-state index contributed by atoms with van der Waals surface area (Å²) in [5.41, 5.74) is -1.90. The molecule has 20 heavy (non-hydrogen) atoms. The smallest absolute Gasteiger partial charge is 0.239 e. The molecule has 0 atom stereocenters. The van der Waals surface area contributed by atoms with E-state index in [1.807, 2.05) is 0 Å². The first-order valence-corrected chi connectivity index (χ1v) is 6.26. The number of Topliss-reactive ketones (excluding diaryl/α,β-unsaturated/α-hetero) is 2. The first kappa shape index (κ1) is 16.3. The lowest BCUT2D eigenvalue weighted by molar-refractivity contribution is -0.174. The van der Waals surface area contributed by atoms with E-state index in [0.717, 1.165) is 9.80 Å².